The van der Waals surface area contributed by atoms with Crippen LogP contribution in [0.1, 0.15) is 48.4 Å². The van der Waals surface area contributed by atoms with Crippen molar-refractivity contribution in [3.05, 3.63) is 53.3 Å². The summed E-state index contributed by atoms with van der Waals surface area (Å²) in [6.07, 6.45) is 0. The van der Waals surface area contributed by atoms with E-state index in [0.29, 0.717) is 31.2 Å². The molecule has 142 valence electrons. The van der Waals surface area contributed by atoms with E-state index in [9.17, 15) is 4.79 Å². The summed E-state index contributed by atoms with van der Waals surface area (Å²) in [5.41, 5.74) is 8.64. The molecule has 1 aliphatic heterocycles. The topological polar surface area (TPSA) is 64.2 Å². The third kappa shape index (κ3) is 3.94. The Hall–Kier alpha value is -1.85. The Morgan fingerprint density at radius 3 is 2.42 bits per heavy atom. The van der Waals surface area contributed by atoms with Gasteiger partial charge in [-0.25, -0.2) is 0 Å². The summed E-state index contributed by atoms with van der Waals surface area (Å²) < 4.78 is 1.92. The fourth-order valence-corrected chi connectivity index (χ4v) is 3.77. The molecule has 5 nitrogen and oxygen atoms in total. The number of hydrogen-bond acceptors (Lipinski definition) is 3. The Kier molecular flexibility index (Phi) is 6.14. The molecule has 2 aromatic rings. The number of nitrogens with zero attached hydrogens (tertiary/aromatic N) is 3. The highest BCUT2D eigenvalue weighted by molar-refractivity contribution is 5.92. The fourth-order valence-electron chi connectivity index (χ4n) is 3.77. The number of hydrogen-bond donors (Lipinski definition) is 1. The lowest BCUT2D eigenvalue weighted by atomic mass is 9.89. The molecule has 0 spiro atoms. The molecule has 1 aromatic heterocycles. The second kappa shape index (κ2) is 7.80. The lowest BCUT2D eigenvalue weighted by Crippen LogP contribution is -2.31. The van der Waals surface area contributed by atoms with Crippen molar-refractivity contribution in [2.75, 3.05) is 19.6 Å². The van der Waals surface area contributed by atoms with E-state index in [0.717, 1.165) is 5.69 Å². The third-order valence-electron chi connectivity index (χ3n) is 5.00. The zero-order valence-corrected chi connectivity index (χ0v) is 16.8. The molecule has 1 fully saturated rings. The number of likely N-dealkylation sites (tertiary alicyclic amines) is 1. The molecule has 0 radical (unpaired) electrons. The van der Waals surface area contributed by atoms with E-state index in [2.05, 4.69) is 38.0 Å². The second-order valence-corrected chi connectivity index (χ2v) is 7.98. The van der Waals surface area contributed by atoms with Gasteiger partial charge in [-0.1, -0.05) is 30.3 Å². The van der Waals surface area contributed by atoms with Crippen LogP contribution in [0.4, 0.5) is 0 Å². The maximum atomic E-state index is 13.0. The SMILES string of the molecule is Cc1cc(C(=O)N2C[C@@H](CN)[C@H](c3ccccc3)C2)nn1C(C)(C)C.Cl. The molecule has 0 bridgehead atoms. The molecular weight excluding hydrogens is 348 g/mol. The van der Waals surface area contributed by atoms with Gasteiger partial charge in [0.15, 0.2) is 5.69 Å². The summed E-state index contributed by atoms with van der Waals surface area (Å²) in [5, 5.41) is 4.57. The Balaban J connectivity index is 0.00000243. The van der Waals surface area contributed by atoms with Crippen molar-refractivity contribution >= 4 is 18.3 Å². The van der Waals surface area contributed by atoms with Crippen LogP contribution in [0, 0.1) is 12.8 Å². The van der Waals surface area contributed by atoms with Gasteiger partial charge in [0.05, 0.1) is 5.54 Å². The normalized spacial score (nSPS) is 20.1. The highest BCUT2D eigenvalue weighted by Gasteiger charge is 2.36. The second-order valence-electron chi connectivity index (χ2n) is 7.98. The summed E-state index contributed by atoms with van der Waals surface area (Å²) in [7, 11) is 0. The summed E-state index contributed by atoms with van der Waals surface area (Å²) in [5.74, 6) is 0.584. The van der Waals surface area contributed by atoms with Crippen LogP contribution in [-0.4, -0.2) is 40.2 Å². The van der Waals surface area contributed by atoms with Crippen molar-refractivity contribution in [3.8, 4) is 0 Å². The number of benzene rings is 1. The van der Waals surface area contributed by atoms with E-state index in [1.54, 1.807) is 0 Å². The number of aryl methyl sites for hydroxylation is 1. The predicted octanol–water partition coefficient (Wildman–Crippen LogP) is 3.18. The molecule has 0 aliphatic carbocycles. The molecule has 2 N–H and O–H groups in total. The van der Waals surface area contributed by atoms with Crippen molar-refractivity contribution in [1.82, 2.24) is 14.7 Å². The lowest BCUT2D eigenvalue weighted by molar-refractivity contribution is 0.0779. The van der Waals surface area contributed by atoms with Gasteiger partial charge in [0.1, 0.15) is 0 Å². The lowest BCUT2D eigenvalue weighted by Gasteiger charge is -2.21. The van der Waals surface area contributed by atoms with E-state index < -0.39 is 0 Å². The number of nitrogens with two attached hydrogens (primary N) is 1. The van der Waals surface area contributed by atoms with Crippen molar-refractivity contribution < 1.29 is 4.79 Å². The minimum absolute atomic E-state index is 0. The molecule has 2 atom stereocenters. The first-order valence-corrected chi connectivity index (χ1v) is 8.92. The molecule has 26 heavy (non-hydrogen) atoms. The van der Waals surface area contributed by atoms with Gasteiger partial charge >= 0.3 is 0 Å². The van der Waals surface area contributed by atoms with Gasteiger partial charge in [0.2, 0.25) is 0 Å². The Labute approximate surface area is 162 Å². The Morgan fingerprint density at radius 1 is 1.23 bits per heavy atom. The van der Waals surface area contributed by atoms with E-state index in [1.807, 2.05) is 40.8 Å². The zero-order valence-electron chi connectivity index (χ0n) is 16.0. The number of carbonyl (C=O) groups is 1. The molecule has 1 aliphatic rings. The van der Waals surface area contributed by atoms with Gasteiger partial charge in [0.25, 0.3) is 5.91 Å². The van der Waals surface area contributed by atoms with Crippen LogP contribution in [0.25, 0.3) is 0 Å². The van der Waals surface area contributed by atoms with Crippen LogP contribution in [-0.2, 0) is 5.54 Å². The average molecular weight is 377 g/mol. The van der Waals surface area contributed by atoms with Gasteiger partial charge < -0.3 is 10.6 Å². The number of aromatic nitrogens is 2. The smallest absolute Gasteiger partial charge is 0.274 e. The van der Waals surface area contributed by atoms with Gasteiger partial charge in [-0.2, -0.15) is 5.10 Å². The molecular formula is C20H29ClN4O. The average Bonchev–Trinajstić information content (AvgIpc) is 3.18. The van der Waals surface area contributed by atoms with Crippen molar-refractivity contribution in [3.63, 3.8) is 0 Å². The number of rotatable bonds is 3. The van der Waals surface area contributed by atoms with Gasteiger partial charge in [-0.05, 0) is 51.8 Å². The third-order valence-corrected chi connectivity index (χ3v) is 5.00. The maximum Gasteiger partial charge on any atom is 0.274 e. The van der Waals surface area contributed by atoms with E-state index >= 15 is 0 Å². The van der Waals surface area contributed by atoms with Crippen LogP contribution in [0.5, 0.6) is 0 Å². The van der Waals surface area contributed by atoms with Crippen LogP contribution >= 0.6 is 12.4 Å². The zero-order chi connectivity index (χ0) is 18.2. The van der Waals surface area contributed by atoms with Crippen LogP contribution in [0.3, 0.4) is 0 Å². The molecule has 2 heterocycles. The molecule has 1 amide bonds. The summed E-state index contributed by atoms with van der Waals surface area (Å²) in [6.45, 7) is 10.2. The maximum absolute atomic E-state index is 13.0. The summed E-state index contributed by atoms with van der Waals surface area (Å²) in [4.78, 5) is 14.9. The molecule has 0 unspecified atom stereocenters. The quantitative estimate of drug-likeness (QED) is 0.894. The molecule has 1 aromatic carbocycles. The first kappa shape index (κ1) is 20.5. The van der Waals surface area contributed by atoms with Crippen LogP contribution in [0.15, 0.2) is 36.4 Å². The van der Waals surface area contributed by atoms with Crippen molar-refractivity contribution in [2.45, 2.75) is 39.2 Å². The predicted molar refractivity (Wildman–Crippen MR) is 107 cm³/mol. The standard InChI is InChI=1S/C20H28N4O.ClH/c1-14-10-18(22-24(14)20(2,3)4)19(25)23-12-16(11-21)17(13-23)15-8-6-5-7-9-15;/h5-10,16-17H,11-13,21H2,1-4H3;1H/t16-,17+;/m1./s1. The minimum atomic E-state index is -0.139. The molecule has 0 saturated carbocycles. The molecule has 6 heteroatoms. The first-order chi connectivity index (χ1) is 11.8. The van der Waals surface area contributed by atoms with Crippen molar-refractivity contribution in [2.24, 2.45) is 11.7 Å². The number of carbonyl (C=O) groups excluding carboxylic acids is 1. The van der Waals surface area contributed by atoms with E-state index in [1.165, 1.54) is 5.56 Å². The summed E-state index contributed by atoms with van der Waals surface area (Å²) in [6, 6.07) is 12.2. The number of halogens is 1. The largest absolute Gasteiger partial charge is 0.336 e. The highest BCUT2D eigenvalue weighted by Crippen LogP contribution is 2.32. The van der Waals surface area contributed by atoms with Crippen molar-refractivity contribution in [1.29, 1.82) is 0 Å². The fraction of sp³-hybridized carbons (Fsp3) is 0.500. The first-order valence-electron chi connectivity index (χ1n) is 8.92. The molecule has 3 rings (SSSR count). The van der Waals surface area contributed by atoms with E-state index in [4.69, 9.17) is 5.73 Å². The number of amides is 1. The van der Waals surface area contributed by atoms with Gasteiger partial charge in [-0.15, -0.1) is 12.4 Å². The Bertz CT molecular complexity index is 751. The van der Waals surface area contributed by atoms with Crippen LogP contribution < -0.4 is 5.73 Å². The monoisotopic (exact) mass is 376 g/mol. The minimum Gasteiger partial charge on any atom is -0.336 e. The van der Waals surface area contributed by atoms with Gasteiger partial charge in [0, 0.05) is 24.7 Å². The highest BCUT2D eigenvalue weighted by atomic mass is 35.5. The Morgan fingerprint density at radius 2 is 1.88 bits per heavy atom. The summed E-state index contributed by atoms with van der Waals surface area (Å²) >= 11 is 0. The van der Waals surface area contributed by atoms with Crippen LogP contribution in [0.2, 0.25) is 0 Å². The molecule has 1 saturated heterocycles. The van der Waals surface area contributed by atoms with E-state index in [-0.39, 0.29) is 29.8 Å². The van der Waals surface area contributed by atoms with Gasteiger partial charge in [-0.3, -0.25) is 9.48 Å².